The standard InChI is InChI=1S/C72H96N6/c1-23-52(24-2)73-58-41-62-65(44-33-48(69(11,12)13)38-49(34-44)70(14,15)16)56-29-27-54(75-56)64(43-31-46(67(5,6)7)37-47(32-43)68(8,9)10)55-28-30-57(76-55)66(45-35-50(71(17,18)19)39-51(36-45)72(20,21)22)63-42-59(74-53(25-3)26-4)61(78-63)40-60(58)77-62/h27-42,52-53,73-75,78H,23-26H2,1-22H3. The van der Waals surface area contributed by atoms with Gasteiger partial charge < -0.3 is 20.6 Å². The van der Waals surface area contributed by atoms with Gasteiger partial charge in [0.15, 0.2) is 0 Å². The van der Waals surface area contributed by atoms with E-state index >= 15 is 0 Å². The van der Waals surface area contributed by atoms with Crippen molar-refractivity contribution in [1.82, 2.24) is 25.3 Å². The third kappa shape index (κ3) is 12.3. The van der Waals surface area contributed by atoms with E-state index < -0.39 is 0 Å². The van der Waals surface area contributed by atoms with Gasteiger partial charge in [0.2, 0.25) is 0 Å². The van der Waals surface area contributed by atoms with E-state index in [1.54, 1.807) is 0 Å². The Morgan fingerprint density at radius 3 is 1.06 bits per heavy atom. The lowest BCUT2D eigenvalue weighted by Crippen LogP contribution is -2.25. The first-order chi connectivity index (χ1) is 36.2. The largest absolute Gasteiger partial charge is 0.381 e. The number of H-pyrrole nitrogens is 2. The molecule has 6 heteroatoms. The van der Waals surface area contributed by atoms with E-state index in [1.807, 2.05) is 0 Å². The fourth-order valence-corrected chi connectivity index (χ4v) is 10.8. The minimum Gasteiger partial charge on any atom is -0.381 e. The van der Waals surface area contributed by atoms with Crippen LogP contribution < -0.4 is 10.6 Å². The molecule has 6 aromatic rings. The summed E-state index contributed by atoms with van der Waals surface area (Å²) < 4.78 is 0. The van der Waals surface area contributed by atoms with Crippen LogP contribution in [0.3, 0.4) is 0 Å². The van der Waals surface area contributed by atoms with Crippen molar-refractivity contribution in [2.75, 3.05) is 5.32 Å². The fourth-order valence-electron chi connectivity index (χ4n) is 10.8. The van der Waals surface area contributed by atoms with Crippen LogP contribution in [0.5, 0.6) is 0 Å². The van der Waals surface area contributed by atoms with Crippen molar-refractivity contribution < 1.29 is 0 Å². The molecular weight excluding hydrogens is 949 g/mol. The van der Waals surface area contributed by atoms with Crippen LogP contribution in [0.4, 0.5) is 5.69 Å². The van der Waals surface area contributed by atoms with E-state index in [9.17, 15) is 0 Å². The van der Waals surface area contributed by atoms with Crippen LogP contribution in [0.2, 0.25) is 0 Å². The summed E-state index contributed by atoms with van der Waals surface area (Å²) in [5.41, 5.74) is 23.6. The average Bonchev–Trinajstić information content (AvgIpc) is 4.27. The van der Waals surface area contributed by atoms with E-state index in [4.69, 9.17) is 9.97 Å². The number of aromatic nitrogens is 4. The predicted molar refractivity (Wildman–Crippen MR) is 342 cm³/mol. The van der Waals surface area contributed by atoms with Gasteiger partial charge in [-0.15, -0.1) is 0 Å². The highest BCUT2D eigenvalue weighted by atomic mass is 15.0. The van der Waals surface area contributed by atoms with Crippen molar-refractivity contribution in [2.45, 2.75) is 223 Å². The smallest absolute Gasteiger partial charge is 0.0890 e. The molecule has 78 heavy (non-hydrogen) atoms. The summed E-state index contributed by atoms with van der Waals surface area (Å²) in [6.45, 7) is 51.0. The van der Waals surface area contributed by atoms with Crippen LogP contribution in [0, 0.1) is 0 Å². The third-order valence-corrected chi connectivity index (χ3v) is 16.4. The molecule has 4 N–H and O–H groups in total. The number of nitrogens with zero attached hydrogens (tertiary/aromatic N) is 2. The highest BCUT2D eigenvalue weighted by Crippen LogP contribution is 2.44. The summed E-state index contributed by atoms with van der Waals surface area (Å²) >= 11 is 0. The van der Waals surface area contributed by atoms with Crippen LogP contribution in [0.1, 0.15) is 234 Å². The molecule has 0 saturated carbocycles. The van der Waals surface area contributed by atoms with E-state index in [1.165, 1.54) is 33.4 Å². The number of anilines is 1. The van der Waals surface area contributed by atoms with E-state index in [0.717, 1.165) is 115 Å². The molecule has 5 heterocycles. The van der Waals surface area contributed by atoms with Crippen molar-refractivity contribution in [3.05, 3.63) is 135 Å². The van der Waals surface area contributed by atoms with Gasteiger partial charge in [-0.2, -0.15) is 0 Å². The Hall–Kier alpha value is -6.14. The fraction of sp³-hybridized carbons (Fsp3) is 0.472. The first kappa shape index (κ1) is 58.0. The van der Waals surface area contributed by atoms with Gasteiger partial charge in [-0.25, -0.2) is 9.97 Å². The molecule has 0 aliphatic carbocycles. The van der Waals surface area contributed by atoms with Gasteiger partial charge in [0, 0.05) is 39.8 Å². The Labute approximate surface area is 470 Å². The van der Waals surface area contributed by atoms with Gasteiger partial charge >= 0.3 is 0 Å². The summed E-state index contributed by atoms with van der Waals surface area (Å²) in [5.74, 6) is 0. The molecule has 2 aliphatic heterocycles. The van der Waals surface area contributed by atoms with Gasteiger partial charge in [0.1, 0.15) is 0 Å². The molecular formula is C72H96N6. The second-order valence-electron chi connectivity index (χ2n) is 28.9. The first-order valence-electron chi connectivity index (χ1n) is 29.4. The highest BCUT2D eigenvalue weighted by molar-refractivity contribution is 6.00. The van der Waals surface area contributed by atoms with E-state index in [-0.39, 0.29) is 44.6 Å². The normalized spacial score (nSPS) is 13.7. The van der Waals surface area contributed by atoms with Crippen molar-refractivity contribution in [2.24, 2.45) is 0 Å². The second kappa shape index (κ2) is 21.2. The molecule has 3 aromatic carbocycles. The summed E-state index contributed by atoms with van der Waals surface area (Å²) in [4.78, 5) is 19.9. The van der Waals surface area contributed by atoms with Gasteiger partial charge in [-0.1, -0.05) is 207 Å². The highest BCUT2D eigenvalue weighted by Gasteiger charge is 2.28. The lowest BCUT2D eigenvalue weighted by Gasteiger charge is -2.26. The van der Waals surface area contributed by atoms with Crippen LogP contribution in [0.25, 0.3) is 79.4 Å². The van der Waals surface area contributed by atoms with Crippen LogP contribution >= 0.6 is 0 Å². The van der Waals surface area contributed by atoms with Crippen molar-refractivity contribution in [1.29, 1.82) is 0 Å². The van der Waals surface area contributed by atoms with Gasteiger partial charge in [-0.3, -0.25) is 0 Å². The number of benzene rings is 3. The van der Waals surface area contributed by atoms with Crippen molar-refractivity contribution in [3.8, 4) is 33.4 Å². The molecule has 0 atom stereocenters. The number of fused-ring (bicyclic) bond motifs is 8. The Bertz CT molecular complexity index is 3350. The number of nitrogens with one attached hydrogen (secondary N) is 4. The van der Waals surface area contributed by atoms with Crippen LogP contribution in [-0.2, 0) is 32.5 Å². The third-order valence-electron chi connectivity index (χ3n) is 16.4. The lowest BCUT2D eigenvalue weighted by molar-refractivity contribution is 0.561. The van der Waals surface area contributed by atoms with Crippen molar-refractivity contribution >= 4 is 51.7 Å². The predicted octanol–water partition coefficient (Wildman–Crippen LogP) is 20.1. The maximum Gasteiger partial charge on any atom is 0.0890 e. The van der Waals surface area contributed by atoms with Gasteiger partial charge in [0.25, 0.3) is 0 Å². The van der Waals surface area contributed by atoms with E-state index in [0.29, 0.717) is 0 Å². The summed E-state index contributed by atoms with van der Waals surface area (Å²) in [5, 5.41) is 8.06. The maximum absolute atomic E-state index is 5.87. The number of rotatable bonds is 11. The molecule has 2 aliphatic rings. The maximum atomic E-state index is 5.87. The van der Waals surface area contributed by atoms with Gasteiger partial charge in [0.05, 0.1) is 45.2 Å². The summed E-state index contributed by atoms with van der Waals surface area (Å²) in [6, 6.07) is 31.5. The molecule has 6 nitrogen and oxygen atoms in total. The Morgan fingerprint density at radius 2 is 0.705 bits per heavy atom. The molecule has 8 bridgehead atoms. The molecule has 3 aromatic heterocycles. The first-order valence-corrected chi connectivity index (χ1v) is 29.4. The molecule has 414 valence electrons. The SMILES string of the molecule is CCC(CC)NC1=Cc2nc1cc1[nH]c(cc1NC(CC)CC)c(-c1cc(C(C)(C)C)cc(C(C)(C)C)c1)c1nc(c(-c3cc(C(C)(C)C)cc(C(C)(C)C)c3)c3ccc([nH]3)c2-c2cc(C(C)(C)C)cc(C(C)(C)C)c2)C=C1. The number of aromatic amines is 2. The minimum atomic E-state index is -0.0992. The zero-order chi connectivity index (χ0) is 57.2. The average molecular weight is 1050 g/mol. The summed E-state index contributed by atoms with van der Waals surface area (Å²) in [7, 11) is 0. The monoisotopic (exact) mass is 1040 g/mol. The molecule has 0 fully saturated rings. The molecule has 0 saturated heterocycles. The number of hydrogen-bond donors (Lipinski definition) is 4. The summed E-state index contributed by atoms with van der Waals surface area (Å²) in [6.07, 6.45) is 10.8. The quantitative estimate of drug-likeness (QED) is 0.104. The Kier molecular flexibility index (Phi) is 15.7. The lowest BCUT2D eigenvalue weighted by atomic mass is 9.78. The second-order valence-corrected chi connectivity index (χ2v) is 28.9. The molecule has 8 rings (SSSR count). The zero-order valence-corrected chi connectivity index (χ0v) is 52.1. The molecule has 0 spiro atoms. The molecule has 0 radical (unpaired) electrons. The topological polar surface area (TPSA) is 81.4 Å². The van der Waals surface area contributed by atoms with E-state index in [2.05, 4.69) is 270 Å². The molecule has 0 amide bonds. The zero-order valence-electron chi connectivity index (χ0n) is 52.1. The molecule has 0 unspecified atom stereocenters. The van der Waals surface area contributed by atoms with Gasteiger partial charge in [-0.05, 0) is 151 Å². The van der Waals surface area contributed by atoms with Crippen molar-refractivity contribution in [3.63, 3.8) is 0 Å². The van der Waals surface area contributed by atoms with Crippen LogP contribution in [-0.4, -0.2) is 32.0 Å². The minimum absolute atomic E-state index is 0.0941. The number of hydrogen-bond acceptors (Lipinski definition) is 4. The van der Waals surface area contributed by atoms with Crippen LogP contribution in [0.15, 0.2) is 78.9 Å². The Morgan fingerprint density at radius 1 is 0.372 bits per heavy atom. The Balaban J connectivity index is 1.67.